The maximum atomic E-state index is 11.5. The van der Waals surface area contributed by atoms with E-state index >= 15 is 0 Å². The highest BCUT2D eigenvalue weighted by Crippen LogP contribution is 2.08. The van der Waals surface area contributed by atoms with E-state index in [1.807, 2.05) is 0 Å². The van der Waals surface area contributed by atoms with Crippen LogP contribution < -0.4 is 0 Å². The van der Waals surface area contributed by atoms with Crippen LogP contribution in [0.3, 0.4) is 0 Å². The van der Waals surface area contributed by atoms with Gasteiger partial charge in [0.05, 0.1) is 7.11 Å². The lowest BCUT2D eigenvalue weighted by Gasteiger charge is -1.99. The third kappa shape index (κ3) is 6.97. The molecule has 5 heteroatoms. The van der Waals surface area contributed by atoms with Gasteiger partial charge in [0, 0.05) is 6.42 Å². The number of esters is 1. The van der Waals surface area contributed by atoms with E-state index in [1.165, 1.54) is 25.7 Å². The van der Waals surface area contributed by atoms with Crippen LogP contribution in [0.25, 0.3) is 5.53 Å². The molecule has 0 aliphatic carbocycles. The maximum absolute atomic E-state index is 11.5. The van der Waals surface area contributed by atoms with Crippen molar-refractivity contribution in [3.63, 3.8) is 0 Å². The summed E-state index contributed by atoms with van der Waals surface area (Å²) in [4.78, 5) is 25.3. The minimum Gasteiger partial charge on any atom is -0.460 e. The molecule has 0 unspecified atom stereocenters. The first-order chi connectivity index (χ1) is 8.67. The van der Waals surface area contributed by atoms with E-state index in [9.17, 15) is 9.59 Å². The lowest BCUT2D eigenvalue weighted by Crippen LogP contribution is -2.26. The molecule has 18 heavy (non-hydrogen) atoms. The van der Waals surface area contributed by atoms with E-state index in [0.29, 0.717) is 6.42 Å². The number of hydrogen-bond acceptors (Lipinski definition) is 3. The summed E-state index contributed by atoms with van der Waals surface area (Å²) >= 11 is 0. The molecular formula is C13H22N2O3. The molecule has 0 spiro atoms. The highest BCUT2D eigenvalue weighted by molar-refractivity contribution is 6.62. The molecule has 0 atom stereocenters. The molecule has 0 rings (SSSR count). The van der Waals surface area contributed by atoms with Gasteiger partial charge in [-0.2, -0.15) is 4.79 Å². The summed E-state index contributed by atoms with van der Waals surface area (Å²) in [6, 6.07) is 0. The highest BCUT2D eigenvalue weighted by Gasteiger charge is 2.29. The fourth-order valence-corrected chi connectivity index (χ4v) is 1.67. The Morgan fingerprint density at radius 2 is 1.61 bits per heavy atom. The predicted molar refractivity (Wildman–Crippen MR) is 68.3 cm³/mol. The first kappa shape index (κ1) is 16.5. The number of methoxy groups -OCH3 is 1. The van der Waals surface area contributed by atoms with Gasteiger partial charge in [0.1, 0.15) is 0 Å². The van der Waals surface area contributed by atoms with Gasteiger partial charge >= 0.3 is 11.7 Å². The zero-order valence-corrected chi connectivity index (χ0v) is 11.3. The number of unbranched alkanes of at least 4 members (excludes halogenated alkanes) is 6. The maximum Gasteiger partial charge on any atom is 0.441 e. The Labute approximate surface area is 108 Å². The molecule has 0 fully saturated rings. The van der Waals surface area contributed by atoms with Crippen LogP contribution in [-0.4, -0.2) is 29.4 Å². The van der Waals surface area contributed by atoms with Crippen molar-refractivity contribution in [1.29, 1.82) is 0 Å². The number of hydrogen-bond donors (Lipinski definition) is 0. The third-order valence-electron chi connectivity index (χ3n) is 2.75. The zero-order chi connectivity index (χ0) is 13.8. The number of carbonyl (C=O) groups is 2. The van der Waals surface area contributed by atoms with Gasteiger partial charge in [0.25, 0.3) is 5.78 Å². The van der Waals surface area contributed by atoms with E-state index in [-0.39, 0.29) is 6.42 Å². The second kappa shape index (κ2) is 10.7. The van der Waals surface area contributed by atoms with Gasteiger partial charge in [-0.25, -0.2) is 4.79 Å². The molecule has 0 aliphatic heterocycles. The van der Waals surface area contributed by atoms with E-state index < -0.39 is 17.5 Å². The van der Waals surface area contributed by atoms with Crippen molar-refractivity contribution in [2.75, 3.05) is 7.11 Å². The Morgan fingerprint density at radius 1 is 1.06 bits per heavy atom. The van der Waals surface area contributed by atoms with Crippen LogP contribution in [0.15, 0.2) is 0 Å². The van der Waals surface area contributed by atoms with Crippen LogP contribution in [0.2, 0.25) is 0 Å². The smallest absolute Gasteiger partial charge is 0.441 e. The van der Waals surface area contributed by atoms with Crippen LogP contribution >= 0.6 is 0 Å². The first-order valence-electron chi connectivity index (χ1n) is 6.50. The Balaban J connectivity index is 3.77. The second-order valence-corrected chi connectivity index (χ2v) is 4.23. The molecule has 0 bridgehead atoms. The van der Waals surface area contributed by atoms with Gasteiger partial charge in [-0.05, 0) is 6.42 Å². The van der Waals surface area contributed by atoms with Crippen molar-refractivity contribution in [1.82, 2.24) is 0 Å². The lowest BCUT2D eigenvalue weighted by molar-refractivity contribution is -0.139. The fraction of sp³-hybridized carbons (Fsp3) is 0.769. The molecule has 5 nitrogen and oxygen atoms in total. The quantitative estimate of drug-likeness (QED) is 0.150. The molecule has 0 aromatic rings. The zero-order valence-electron chi connectivity index (χ0n) is 11.3. The second-order valence-electron chi connectivity index (χ2n) is 4.23. The summed E-state index contributed by atoms with van der Waals surface area (Å²) < 4.78 is 4.35. The molecule has 0 saturated heterocycles. The number of Topliss-reactive ketones (excluding diaryl/α,β-unsaturated/α-hetero) is 1. The Morgan fingerprint density at radius 3 is 2.11 bits per heavy atom. The monoisotopic (exact) mass is 254 g/mol. The minimum absolute atomic E-state index is 0.224. The standard InChI is InChI=1S/C13H22N2O3/c1-3-4-5-6-7-8-9-10-11(16)12(15-14)13(17)18-2/h3-10H2,1-2H3. The van der Waals surface area contributed by atoms with Crippen LogP contribution in [0, 0.1) is 0 Å². The van der Waals surface area contributed by atoms with E-state index in [4.69, 9.17) is 5.53 Å². The Kier molecular flexibility index (Phi) is 9.78. The van der Waals surface area contributed by atoms with Crippen molar-refractivity contribution in [2.45, 2.75) is 58.3 Å². The largest absolute Gasteiger partial charge is 0.460 e. The number of rotatable bonds is 10. The summed E-state index contributed by atoms with van der Waals surface area (Å²) in [5, 5.41) is 0. The average molecular weight is 254 g/mol. The van der Waals surface area contributed by atoms with E-state index in [1.54, 1.807) is 0 Å². The fourth-order valence-electron chi connectivity index (χ4n) is 1.67. The summed E-state index contributed by atoms with van der Waals surface area (Å²) in [6.07, 6.45) is 7.86. The van der Waals surface area contributed by atoms with E-state index in [0.717, 1.165) is 20.0 Å². The van der Waals surface area contributed by atoms with Gasteiger partial charge in [-0.1, -0.05) is 45.4 Å². The summed E-state index contributed by atoms with van der Waals surface area (Å²) in [7, 11) is 1.15. The molecule has 0 radical (unpaired) electrons. The molecule has 0 aliphatic rings. The van der Waals surface area contributed by atoms with Crippen LogP contribution in [0.5, 0.6) is 0 Å². The normalized spacial score (nSPS) is 9.67. The van der Waals surface area contributed by atoms with Crippen LogP contribution in [0.4, 0.5) is 0 Å². The highest BCUT2D eigenvalue weighted by atomic mass is 16.5. The van der Waals surface area contributed by atoms with Gasteiger partial charge < -0.3 is 10.3 Å². The molecule has 102 valence electrons. The molecule has 0 N–H and O–H groups in total. The van der Waals surface area contributed by atoms with E-state index in [2.05, 4.69) is 16.5 Å². The Bertz CT molecular complexity index is 320. The lowest BCUT2D eigenvalue weighted by atomic mass is 10.1. The van der Waals surface area contributed by atoms with Crippen LogP contribution in [-0.2, 0) is 14.3 Å². The van der Waals surface area contributed by atoms with Crippen molar-refractivity contribution in [2.24, 2.45) is 0 Å². The van der Waals surface area contributed by atoms with Crippen molar-refractivity contribution < 1.29 is 19.1 Å². The molecule has 0 saturated carbocycles. The van der Waals surface area contributed by atoms with Crippen molar-refractivity contribution in [3.8, 4) is 0 Å². The topological polar surface area (TPSA) is 79.8 Å². The molecular weight excluding hydrogens is 232 g/mol. The van der Waals surface area contributed by atoms with Crippen LogP contribution in [0.1, 0.15) is 58.3 Å². The summed E-state index contributed by atoms with van der Waals surface area (Å²) in [6.45, 7) is 2.17. The minimum atomic E-state index is -0.884. The van der Waals surface area contributed by atoms with Gasteiger partial charge in [-0.15, -0.1) is 0 Å². The molecule has 0 aromatic carbocycles. The average Bonchev–Trinajstić information content (AvgIpc) is 2.38. The van der Waals surface area contributed by atoms with Gasteiger partial charge in [0.2, 0.25) is 0 Å². The number of ether oxygens (including phenoxy) is 1. The predicted octanol–water partition coefficient (Wildman–Crippen LogP) is 2.54. The van der Waals surface area contributed by atoms with Crippen molar-refractivity contribution >= 4 is 17.5 Å². The first-order valence-corrected chi connectivity index (χ1v) is 6.50. The van der Waals surface area contributed by atoms with Gasteiger partial charge in [-0.3, -0.25) is 4.79 Å². The SMILES string of the molecule is CCCCCCCCCC(=O)C(=[N+]=[N-])C(=O)OC. The summed E-state index contributed by atoms with van der Waals surface area (Å²) in [5.74, 6) is -1.34. The number of nitrogens with zero attached hydrogens (tertiary/aromatic N) is 2. The van der Waals surface area contributed by atoms with Gasteiger partial charge in [0.15, 0.2) is 0 Å². The number of ketones is 1. The third-order valence-corrected chi connectivity index (χ3v) is 2.75. The molecule has 0 amide bonds. The van der Waals surface area contributed by atoms with Crippen molar-refractivity contribution in [3.05, 3.63) is 5.53 Å². The number of carbonyl (C=O) groups excluding carboxylic acids is 2. The summed E-state index contributed by atoms with van der Waals surface area (Å²) in [5.41, 5.74) is 8.05. The molecule has 0 heterocycles. The molecule has 0 aromatic heterocycles. The Hall–Kier alpha value is -1.48.